The van der Waals surface area contributed by atoms with Gasteiger partial charge in [-0.3, -0.25) is 14.9 Å². The molecule has 2 N–H and O–H groups in total. The Labute approximate surface area is 137 Å². The van der Waals surface area contributed by atoms with E-state index < -0.39 is 33.9 Å². The van der Waals surface area contributed by atoms with Gasteiger partial charge in [-0.05, 0) is 22.0 Å². The molecule has 1 aliphatic heterocycles. The number of likely N-dealkylation sites (tertiary alicyclic amines) is 1. The summed E-state index contributed by atoms with van der Waals surface area (Å²) in [6.07, 6.45) is -0.355. The molecule has 1 aliphatic rings. The molecule has 1 aromatic carbocycles. The van der Waals surface area contributed by atoms with Gasteiger partial charge in [0.15, 0.2) is 5.60 Å². The summed E-state index contributed by atoms with van der Waals surface area (Å²) in [7, 11) is 0. The summed E-state index contributed by atoms with van der Waals surface area (Å²) in [5.74, 6) is -2.97. The van der Waals surface area contributed by atoms with Crippen molar-refractivity contribution in [1.29, 1.82) is 0 Å². The van der Waals surface area contributed by atoms with Gasteiger partial charge >= 0.3 is 5.97 Å². The second-order valence-electron chi connectivity index (χ2n) is 5.17. The van der Waals surface area contributed by atoms with Crippen molar-refractivity contribution in [1.82, 2.24) is 4.90 Å². The lowest BCUT2D eigenvalue weighted by Crippen LogP contribution is -2.50. The average Bonchev–Trinajstić information content (AvgIpc) is 2.49. The maximum atomic E-state index is 13.5. The molecule has 1 amide bonds. The average molecular weight is 391 g/mol. The lowest BCUT2D eigenvalue weighted by atomic mass is 9.91. The van der Waals surface area contributed by atoms with Crippen molar-refractivity contribution in [3.8, 4) is 0 Å². The molecule has 10 heteroatoms. The number of benzene rings is 1. The number of aliphatic carboxylic acids is 1. The van der Waals surface area contributed by atoms with Crippen molar-refractivity contribution >= 4 is 33.5 Å². The molecule has 1 saturated heterocycles. The van der Waals surface area contributed by atoms with Gasteiger partial charge in [0.1, 0.15) is 10.3 Å². The predicted octanol–water partition coefficient (Wildman–Crippen LogP) is 1.55. The molecule has 23 heavy (non-hydrogen) atoms. The maximum Gasteiger partial charge on any atom is 0.335 e. The first-order valence-corrected chi connectivity index (χ1v) is 7.33. The third kappa shape index (κ3) is 3.32. The molecule has 124 valence electrons. The van der Waals surface area contributed by atoms with Gasteiger partial charge in [-0.1, -0.05) is 0 Å². The summed E-state index contributed by atoms with van der Waals surface area (Å²) in [5, 5.41) is 29.6. The number of carbonyl (C=O) groups excluding carboxylic acids is 1. The van der Waals surface area contributed by atoms with Crippen LogP contribution in [0.1, 0.15) is 23.2 Å². The third-order valence-corrected chi connectivity index (χ3v) is 4.55. The van der Waals surface area contributed by atoms with Crippen molar-refractivity contribution in [3.05, 3.63) is 38.1 Å². The van der Waals surface area contributed by atoms with E-state index in [9.17, 15) is 29.2 Å². The molecule has 1 heterocycles. The van der Waals surface area contributed by atoms with Crippen LogP contribution in [-0.4, -0.2) is 50.6 Å². The second-order valence-corrected chi connectivity index (χ2v) is 5.97. The molecule has 0 unspecified atom stereocenters. The molecule has 0 radical (unpaired) electrons. The predicted molar refractivity (Wildman–Crippen MR) is 78.5 cm³/mol. The number of halogens is 2. The van der Waals surface area contributed by atoms with Crippen LogP contribution in [-0.2, 0) is 4.79 Å². The minimum Gasteiger partial charge on any atom is -0.479 e. The minimum atomic E-state index is -1.90. The van der Waals surface area contributed by atoms with E-state index in [2.05, 4.69) is 15.9 Å². The topological polar surface area (TPSA) is 121 Å². The zero-order valence-electron chi connectivity index (χ0n) is 11.7. The standard InChI is InChI=1S/C13H12BrFN2O6/c14-10-8(5-7(15)6-9(10)17(22)23)11(18)16-3-1-13(21,2-4-16)12(19)20/h5-6,21H,1-4H2,(H,19,20). The fraction of sp³-hybridized carbons (Fsp3) is 0.385. The molecule has 0 atom stereocenters. The second kappa shape index (κ2) is 6.20. The van der Waals surface area contributed by atoms with Crippen LogP contribution in [0.5, 0.6) is 0 Å². The van der Waals surface area contributed by atoms with Crippen LogP contribution in [0, 0.1) is 15.9 Å². The normalized spacial score (nSPS) is 16.9. The Bertz CT molecular complexity index is 687. The van der Waals surface area contributed by atoms with Gasteiger partial charge in [0.25, 0.3) is 11.6 Å². The van der Waals surface area contributed by atoms with Gasteiger partial charge in [-0.15, -0.1) is 0 Å². The zero-order chi connectivity index (χ0) is 17.4. The molecule has 1 aromatic rings. The molecule has 0 aliphatic carbocycles. The number of carboxylic acid groups (broad SMARTS) is 1. The van der Waals surface area contributed by atoms with Crippen LogP contribution in [0.25, 0.3) is 0 Å². The highest BCUT2D eigenvalue weighted by atomic mass is 79.9. The Morgan fingerprint density at radius 3 is 2.39 bits per heavy atom. The van der Waals surface area contributed by atoms with Crippen molar-refractivity contribution in [2.24, 2.45) is 0 Å². The van der Waals surface area contributed by atoms with E-state index in [1.165, 1.54) is 4.90 Å². The Morgan fingerprint density at radius 2 is 1.91 bits per heavy atom. The van der Waals surface area contributed by atoms with Crippen LogP contribution < -0.4 is 0 Å². The molecular formula is C13H12BrFN2O6. The number of nitro groups is 1. The summed E-state index contributed by atoms with van der Waals surface area (Å²) in [6.45, 7) is -0.114. The molecule has 0 spiro atoms. The first-order chi connectivity index (χ1) is 10.7. The van der Waals surface area contributed by atoms with Crippen molar-refractivity contribution < 1.29 is 29.1 Å². The van der Waals surface area contributed by atoms with Gasteiger partial charge in [0, 0.05) is 25.9 Å². The Kier molecular flexibility index (Phi) is 4.66. The molecule has 2 rings (SSSR count). The summed E-state index contributed by atoms with van der Waals surface area (Å²) < 4.78 is 13.4. The van der Waals surface area contributed by atoms with Crippen LogP contribution in [0.2, 0.25) is 0 Å². The third-order valence-electron chi connectivity index (χ3n) is 3.72. The molecule has 8 nitrogen and oxygen atoms in total. The summed E-state index contributed by atoms with van der Waals surface area (Å²) in [5.41, 5.74) is -2.70. The van der Waals surface area contributed by atoms with Gasteiger partial charge in [0.2, 0.25) is 0 Å². The van der Waals surface area contributed by atoms with Gasteiger partial charge in [0.05, 0.1) is 16.6 Å². The molecule has 0 bridgehead atoms. The first-order valence-electron chi connectivity index (χ1n) is 6.54. The van der Waals surface area contributed by atoms with E-state index in [1.807, 2.05) is 0 Å². The zero-order valence-corrected chi connectivity index (χ0v) is 13.2. The Balaban J connectivity index is 2.26. The van der Waals surface area contributed by atoms with Crippen LogP contribution in [0.15, 0.2) is 16.6 Å². The van der Waals surface area contributed by atoms with Crippen molar-refractivity contribution in [3.63, 3.8) is 0 Å². The number of aliphatic hydroxyl groups is 1. The summed E-state index contributed by atoms with van der Waals surface area (Å²) >= 11 is 2.93. The number of carbonyl (C=O) groups is 2. The number of piperidine rings is 1. The van der Waals surface area contributed by atoms with Gasteiger partial charge < -0.3 is 15.1 Å². The first kappa shape index (κ1) is 17.3. The van der Waals surface area contributed by atoms with Crippen LogP contribution in [0.4, 0.5) is 10.1 Å². The van der Waals surface area contributed by atoms with Crippen LogP contribution in [0.3, 0.4) is 0 Å². The van der Waals surface area contributed by atoms with Crippen molar-refractivity contribution in [2.75, 3.05) is 13.1 Å². The smallest absolute Gasteiger partial charge is 0.335 e. The number of nitro benzene ring substituents is 1. The van der Waals surface area contributed by atoms with E-state index in [0.717, 1.165) is 6.07 Å². The number of hydrogen-bond donors (Lipinski definition) is 2. The maximum absolute atomic E-state index is 13.5. The lowest BCUT2D eigenvalue weighted by molar-refractivity contribution is -0.385. The Morgan fingerprint density at radius 1 is 1.35 bits per heavy atom. The van der Waals surface area contributed by atoms with Crippen LogP contribution >= 0.6 is 15.9 Å². The monoisotopic (exact) mass is 390 g/mol. The highest BCUT2D eigenvalue weighted by molar-refractivity contribution is 9.10. The number of carboxylic acids is 1. The van der Waals surface area contributed by atoms with E-state index >= 15 is 0 Å². The summed E-state index contributed by atoms with van der Waals surface area (Å²) in [4.78, 5) is 34.6. The van der Waals surface area contributed by atoms with E-state index in [1.54, 1.807) is 0 Å². The lowest BCUT2D eigenvalue weighted by Gasteiger charge is -2.35. The number of nitrogens with zero attached hydrogens (tertiary/aromatic N) is 2. The highest BCUT2D eigenvalue weighted by Gasteiger charge is 2.41. The SMILES string of the molecule is O=C(c1cc(F)cc([N+](=O)[O-])c1Br)N1CCC(O)(C(=O)O)CC1. The molecule has 0 aromatic heterocycles. The van der Waals surface area contributed by atoms with Gasteiger partial charge in [-0.25, -0.2) is 9.18 Å². The number of hydrogen-bond acceptors (Lipinski definition) is 5. The largest absolute Gasteiger partial charge is 0.479 e. The number of rotatable bonds is 3. The molecular weight excluding hydrogens is 379 g/mol. The van der Waals surface area contributed by atoms with Gasteiger partial charge in [-0.2, -0.15) is 0 Å². The Hall–Kier alpha value is -2.07. The van der Waals surface area contributed by atoms with E-state index in [-0.39, 0.29) is 36.0 Å². The quantitative estimate of drug-likeness (QED) is 0.596. The van der Waals surface area contributed by atoms with E-state index in [4.69, 9.17) is 5.11 Å². The number of amides is 1. The minimum absolute atomic E-state index is 0.0572. The molecule has 0 saturated carbocycles. The highest BCUT2D eigenvalue weighted by Crippen LogP contribution is 2.32. The fourth-order valence-electron chi connectivity index (χ4n) is 2.33. The molecule has 1 fully saturated rings. The fourth-order valence-corrected chi connectivity index (χ4v) is 2.87. The van der Waals surface area contributed by atoms with E-state index in [0.29, 0.717) is 6.07 Å². The van der Waals surface area contributed by atoms with Crippen molar-refractivity contribution in [2.45, 2.75) is 18.4 Å². The summed E-state index contributed by atoms with van der Waals surface area (Å²) in [6, 6.07) is 1.57.